The number of nitrogens with zero attached hydrogens (tertiary/aromatic N) is 1. The maximum atomic E-state index is 11.6. The molecule has 1 N–H and O–H groups in total. The number of hydrogen-bond donors (Lipinski definition) is 1. The zero-order valence-electron chi connectivity index (χ0n) is 8.97. The standard InChI is InChI=1S/C13H12N2O/c1-14-13(16)12-11(8-5-9-15-12)10-6-3-2-4-7-10/h2-9H,1H3,(H,14,16). The average Bonchev–Trinajstić information content (AvgIpc) is 2.39. The summed E-state index contributed by atoms with van der Waals surface area (Å²) in [7, 11) is 1.60. The van der Waals surface area contributed by atoms with Gasteiger partial charge in [-0.1, -0.05) is 36.4 Å². The smallest absolute Gasteiger partial charge is 0.270 e. The molecule has 1 heterocycles. The summed E-state index contributed by atoms with van der Waals surface area (Å²) in [5, 5.41) is 2.59. The van der Waals surface area contributed by atoms with Crippen molar-refractivity contribution in [3.05, 3.63) is 54.4 Å². The molecule has 1 aromatic carbocycles. The fraction of sp³-hybridized carbons (Fsp3) is 0.0769. The van der Waals surface area contributed by atoms with Gasteiger partial charge in [0, 0.05) is 18.8 Å². The first-order valence-corrected chi connectivity index (χ1v) is 5.05. The lowest BCUT2D eigenvalue weighted by molar-refractivity contribution is 0.0959. The Morgan fingerprint density at radius 1 is 1.12 bits per heavy atom. The number of nitrogens with one attached hydrogen (secondary N) is 1. The van der Waals surface area contributed by atoms with E-state index in [1.807, 2.05) is 42.5 Å². The van der Waals surface area contributed by atoms with E-state index in [1.54, 1.807) is 13.2 Å². The summed E-state index contributed by atoms with van der Waals surface area (Å²) in [6.07, 6.45) is 1.62. The van der Waals surface area contributed by atoms with Crippen LogP contribution in [0.2, 0.25) is 0 Å². The van der Waals surface area contributed by atoms with Crippen molar-refractivity contribution >= 4 is 5.91 Å². The van der Waals surface area contributed by atoms with Gasteiger partial charge in [0.15, 0.2) is 0 Å². The molecule has 2 rings (SSSR count). The highest BCUT2D eigenvalue weighted by molar-refractivity contribution is 5.98. The van der Waals surface area contributed by atoms with Crippen LogP contribution in [0.5, 0.6) is 0 Å². The lowest BCUT2D eigenvalue weighted by atomic mass is 10.0. The third kappa shape index (κ3) is 1.93. The average molecular weight is 212 g/mol. The molecule has 0 aliphatic carbocycles. The van der Waals surface area contributed by atoms with Crippen molar-refractivity contribution < 1.29 is 4.79 Å². The molecule has 1 aromatic heterocycles. The molecule has 16 heavy (non-hydrogen) atoms. The van der Waals surface area contributed by atoms with E-state index >= 15 is 0 Å². The number of amides is 1. The van der Waals surface area contributed by atoms with Crippen LogP contribution in [-0.4, -0.2) is 17.9 Å². The molecule has 80 valence electrons. The van der Waals surface area contributed by atoms with Gasteiger partial charge in [0.25, 0.3) is 5.91 Å². The summed E-state index contributed by atoms with van der Waals surface area (Å²) < 4.78 is 0. The first kappa shape index (κ1) is 10.4. The molecule has 0 saturated carbocycles. The van der Waals surface area contributed by atoms with Crippen molar-refractivity contribution in [2.45, 2.75) is 0 Å². The minimum absolute atomic E-state index is 0.167. The maximum absolute atomic E-state index is 11.6. The number of hydrogen-bond acceptors (Lipinski definition) is 2. The Bertz CT molecular complexity index is 494. The molecule has 0 aliphatic heterocycles. The molecular weight excluding hydrogens is 200 g/mol. The summed E-state index contributed by atoms with van der Waals surface area (Å²) in [5.41, 5.74) is 2.30. The van der Waals surface area contributed by atoms with Gasteiger partial charge in [-0.05, 0) is 11.6 Å². The minimum atomic E-state index is -0.167. The minimum Gasteiger partial charge on any atom is -0.354 e. The second kappa shape index (κ2) is 4.57. The van der Waals surface area contributed by atoms with E-state index in [9.17, 15) is 4.79 Å². The summed E-state index contributed by atoms with van der Waals surface area (Å²) in [5.74, 6) is -0.167. The highest BCUT2D eigenvalue weighted by Crippen LogP contribution is 2.21. The number of benzene rings is 1. The number of rotatable bonds is 2. The SMILES string of the molecule is CNC(=O)c1ncccc1-c1ccccc1. The van der Waals surface area contributed by atoms with Crippen molar-refractivity contribution in [3.8, 4) is 11.1 Å². The van der Waals surface area contributed by atoms with E-state index < -0.39 is 0 Å². The predicted molar refractivity (Wildman–Crippen MR) is 63.1 cm³/mol. The van der Waals surface area contributed by atoms with Gasteiger partial charge in [0.1, 0.15) is 5.69 Å². The summed E-state index contributed by atoms with van der Waals surface area (Å²) in [6, 6.07) is 13.5. The van der Waals surface area contributed by atoms with Crippen molar-refractivity contribution in [2.24, 2.45) is 0 Å². The molecule has 2 aromatic rings. The summed E-state index contributed by atoms with van der Waals surface area (Å²) >= 11 is 0. The Morgan fingerprint density at radius 2 is 1.88 bits per heavy atom. The van der Waals surface area contributed by atoms with Gasteiger partial charge in [-0.3, -0.25) is 9.78 Å². The molecule has 1 amide bonds. The van der Waals surface area contributed by atoms with E-state index in [0.717, 1.165) is 11.1 Å². The number of pyridine rings is 1. The number of carbonyl (C=O) groups is 1. The molecule has 0 atom stereocenters. The van der Waals surface area contributed by atoms with E-state index in [-0.39, 0.29) is 5.91 Å². The first-order chi connectivity index (χ1) is 7.83. The van der Waals surface area contributed by atoms with Gasteiger partial charge in [-0.2, -0.15) is 0 Å². The molecule has 0 bridgehead atoms. The van der Waals surface area contributed by atoms with Crippen LogP contribution < -0.4 is 5.32 Å². The normalized spacial score (nSPS) is 9.81. The van der Waals surface area contributed by atoms with Gasteiger partial charge in [0.2, 0.25) is 0 Å². The van der Waals surface area contributed by atoms with Gasteiger partial charge < -0.3 is 5.32 Å². The second-order valence-electron chi connectivity index (χ2n) is 3.34. The summed E-state index contributed by atoms with van der Waals surface area (Å²) in [6.45, 7) is 0. The molecule has 0 saturated heterocycles. The van der Waals surface area contributed by atoms with Crippen LogP contribution in [0, 0.1) is 0 Å². The molecule has 0 spiro atoms. The summed E-state index contributed by atoms with van der Waals surface area (Å²) in [4.78, 5) is 15.7. The van der Waals surface area contributed by atoms with Crippen LogP contribution in [-0.2, 0) is 0 Å². The van der Waals surface area contributed by atoms with E-state index in [0.29, 0.717) is 5.69 Å². The Kier molecular flexibility index (Phi) is 2.96. The fourth-order valence-electron chi connectivity index (χ4n) is 1.56. The molecule has 0 radical (unpaired) electrons. The molecule has 0 fully saturated rings. The zero-order valence-corrected chi connectivity index (χ0v) is 8.97. The van der Waals surface area contributed by atoms with E-state index in [2.05, 4.69) is 10.3 Å². The monoisotopic (exact) mass is 212 g/mol. The Hall–Kier alpha value is -2.16. The predicted octanol–water partition coefficient (Wildman–Crippen LogP) is 2.11. The highest BCUT2D eigenvalue weighted by Gasteiger charge is 2.11. The Morgan fingerprint density at radius 3 is 2.56 bits per heavy atom. The van der Waals surface area contributed by atoms with Crippen molar-refractivity contribution in [1.29, 1.82) is 0 Å². The molecule has 0 aliphatic rings. The third-order valence-electron chi connectivity index (χ3n) is 2.33. The van der Waals surface area contributed by atoms with Crippen LogP contribution >= 0.6 is 0 Å². The molecule has 3 nitrogen and oxygen atoms in total. The zero-order chi connectivity index (χ0) is 11.4. The Labute approximate surface area is 94.1 Å². The topological polar surface area (TPSA) is 42.0 Å². The quantitative estimate of drug-likeness (QED) is 0.828. The van der Waals surface area contributed by atoms with E-state index in [4.69, 9.17) is 0 Å². The molecule has 0 unspecified atom stereocenters. The second-order valence-corrected chi connectivity index (χ2v) is 3.34. The van der Waals surface area contributed by atoms with Crippen LogP contribution in [0.4, 0.5) is 0 Å². The van der Waals surface area contributed by atoms with Crippen LogP contribution in [0.15, 0.2) is 48.7 Å². The Balaban J connectivity index is 2.53. The van der Waals surface area contributed by atoms with Crippen LogP contribution in [0.3, 0.4) is 0 Å². The highest BCUT2D eigenvalue weighted by atomic mass is 16.1. The van der Waals surface area contributed by atoms with Crippen molar-refractivity contribution in [3.63, 3.8) is 0 Å². The largest absolute Gasteiger partial charge is 0.354 e. The van der Waals surface area contributed by atoms with Gasteiger partial charge >= 0.3 is 0 Å². The van der Waals surface area contributed by atoms with Crippen molar-refractivity contribution in [1.82, 2.24) is 10.3 Å². The van der Waals surface area contributed by atoms with Crippen molar-refractivity contribution in [2.75, 3.05) is 7.05 Å². The van der Waals surface area contributed by atoms with Gasteiger partial charge in [-0.25, -0.2) is 0 Å². The maximum Gasteiger partial charge on any atom is 0.270 e. The molecular formula is C13H12N2O. The lowest BCUT2D eigenvalue weighted by Crippen LogP contribution is -2.20. The van der Waals surface area contributed by atoms with Gasteiger partial charge in [-0.15, -0.1) is 0 Å². The van der Waals surface area contributed by atoms with Crippen LogP contribution in [0.1, 0.15) is 10.5 Å². The van der Waals surface area contributed by atoms with E-state index in [1.165, 1.54) is 0 Å². The number of aromatic nitrogens is 1. The fourth-order valence-corrected chi connectivity index (χ4v) is 1.56. The molecule has 3 heteroatoms. The lowest BCUT2D eigenvalue weighted by Gasteiger charge is -2.06. The number of carbonyl (C=O) groups excluding carboxylic acids is 1. The third-order valence-corrected chi connectivity index (χ3v) is 2.33. The van der Waals surface area contributed by atoms with Crippen LogP contribution in [0.25, 0.3) is 11.1 Å². The van der Waals surface area contributed by atoms with Gasteiger partial charge in [0.05, 0.1) is 0 Å². The first-order valence-electron chi connectivity index (χ1n) is 5.05.